The lowest BCUT2D eigenvalue weighted by Crippen LogP contribution is -2.16. The first-order valence-corrected chi connectivity index (χ1v) is 7.08. The van der Waals surface area contributed by atoms with Gasteiger partial charge in [-0.2, -0.15) is 0 Å². The highest BCUT2D eigenvalue weighted by Crippen LogP contribution is 2.21. The molecule has 1 aromatic carbocycles. The molecule has 0 bridgehead atoms. The topological polar surface area (TPSA) is 55.2 Å². The first kappa shape index (κ1) is 14.0. The van der Waals surface area contributed by atoms with Gasteiger partial charge in [-0.3, -0.25) is 10.1 Å². The van der Waals surface area contributed by atoms with Gasteiger partial charge in [0.25, 0.3) is 5.69 Å². The van der Waals surface area contributed by atoms with Crippen LogP contribution in [-0.4, -0.2) is 11.5 Å². The number of rotatable bonds is 6. The van der Waals surface area contributed by atoms with Gasteiger partial charge in [0.2, 0.25) is 0 Å². The molecule has 0 spiro atoms. The molecular weight excluding hydrogens is 284 g/mol. The van der Waals surface area contributed by atoms with Crippen LogP contribution in [0.1, 0.15) is 10.4 Å². The molecule has 2 aromatic rings. The number of benzene rings is 1. The van der Waals surface area contributed by atoms with Crippen LogP contribution in [0.5, 0.6) is 0 Å². The molecule has 1 N–H and O–H groups in total. The Morgan fingerprint density at radius 3 is 2.89 bits per heavy atom. The molecule has 0 saturated carbocycles. The molecule has 0 aliphatic heterocycles. The van der Waals surface area contributed by atoms with E-state index in [1.807, 2.05) is 11.4 Å². The van der Waals surface area contributed by atoms with Gasteiger partial charge in [0.05, 0.1) is 4.92 Å². The molecule has 19 heavy (non-hydrogen) atoms. The van der Waals surface area contributed by atoms with E-state index < -0.39 is 4.92 Å². The van der Waals surface area contributed by atoms with Crippen molar-refractivity contribution in [2.24, 2.45) is 0 Å². The van der Waals surface area contributed by atoms with Crippen LogP contribution < -0.4 is 5.32 Å². The van der Waals surface area contributed by atoms with Gasteiger partial charge in [0.15, 0.2) is 0 Å². The van der Waals surface area contributed by atoms with Gasteiger partial charge in [-0.1, -0.05) is 17.7 Å². The summed E-state index contributed by atoms with van der Waals surface area (Å²) < 4.78 is 0. The number of nitrogens with one attached hydrogen (secondary N) is 1. The number of nitrogens with zero attached hydrogens (tertiary/aromatic N) is 1. The van der Waals surface area contributed by atoms with E-state index in [1.165, 1.54) is 17.0 Å². The average Bonchev–Trinajstić information content (AvgIpc) is 2.89. The molecule has 0 unspecified atom stereocenters. The van der Waals surface area contributed by atoms with Crippen LogP contribution in [0.2, 0.25) is 5.02 Å². The van der Waals surface area contributed by atoms with E-state index in [4.69, 9.17) is 11.6 Å². The summed E-state index contributed by atoms with van der Waals surface area (Å²) in [6.45, 7) is 1.35. The summed E-state index contributed by atoms with van der Waals surface area (Å²) in [5, 5.41) is 16.5. The van der Waals surface area contributed by atoms with Crippen LogP contribution in [0.3, 0.4) is 0 Å². The fraction of sp³-hybridized carbons (Fsp3) is 0.231. The smallest absolute Gasteiger partial charge is 0.269 e. The van der Waals surface area contributed by atoms with Gasteiger partial charge in [0, 0.05) is 35.1 Å². The first-order chi connectivity index (χ1) is 9.16. The maximum atomic E-state index is 10.7. The molecule has 0 fully saturated rings. The molecule has 0 aliphatic carbocycles. The summed E-state index contributed by atoms with van der Waals surface area (Å²) in [6.07, 6.45) is 0.949. The molecule has 4 nitrogen and oxygen atoms in total. The van der Waals surface area contributed by atoms with Gasteiger partial charge in [0.1, 0.15) is 0 Å². The normalized spacial score (nSPS) is 10.6. The summed E-state index contributed by atoms with van der Waals surface area (Å²) in [6, 6.07) is 8.61. The quantitative estimate of drug-likeness (QED) is 0.503. The highest BCUT2D eigenvalue weighted by molar-refractivity contribution is 7.09. The fourth-order valence-corrected chi connectivity index (χ4v) is 2.59. The maximum absolute atomic E-state index is 10.7. The minimum absolute atomic E-state index is 0.0689. The number of hydrogen-bond donors (Lipinski definition) is 1. The third kappa shape index (κ3) is 4.02. The zero-order valence-electron chi connectivity index (χ0n) is 10.1. The fourth-order valence-electron chi connectivity index (χ4n) is 1.70. The lowest BCUT2D eigenvalue weighted by Gasteiger charge is -2.06. The Balaban J connectivity index is 1.88. The Morgan fingerprint density at radius 2 is 2.21 bits per heavy atom. The summed E-state index contributed by atoms with van der Waals surface area (Å²) in [5.41, 5.74) is 0.821. The Kier molecular flexibility index (Phi) is 4.90. The summed E-state index contributed by atoms with van der Waals surface area (Å²) in [5.74, 6) is 0. The number of nitro groups is 1. The van der Waals surface area contributed by atoms with Crippen LogP contribution in [-0.2, 0) is 13.0 Å². The highest BCUT2D eigenvalue weighted by atomic mass is 35.5. The minimum Gasteiger partial charge on any atom is -0.312 e. The van der Waals surface area contributed by atoms with Crippen molar-refractivity contribution >= 4 is 28.6 Å². The Labute approximate surface area is 120 Å². The molecule has 0 amide bonds. The molecular formula is C13H13ClN2O2S. The lowest BCUT2D eigenvalue weighted by molar-refractivity contribution is -0.384. The number of hydrogen-bond acceptors (Lipinski definition) is 4. The minimum atomic E-state index is -0.411. The van der Waals surface area contributed by atoms with Gasteiger partial charge >= 0.3 is 0 Å². The summed E-state index contributed by atoms with van der Waals surface area (Å²) >= 11 is 7.74. The van der Waals surface area contributed by atoms with Crippen molar-refractivity contribution in [3.05, 3.63) is 61.3 Å². The third-order valence-electron chi connectivity index (χ3n) is 2.68. The second-order valence-corrected chi connectivity index (χ2v) is 5.48. The molecule has 6 heteroatoms. The van der Waals surface area contributed by atoms with E-state index in [9.17, 15) is 10.1 Å². The van der Waals surface area contributed by atoms with Crippen LogP contribution in [0.15, 0.2) is 35.7 Å². The van der Waals surface area contributed by atoms with E-state index in [0.29, 0.717) is 11.6 Å². The van der Waals surface area contributed by atoms with E-state index in [-0.39, 0.29) is 5.69 Å². The number of halogens is 1. The Morgan fingerprint density at radius 1 is 1.37 bits per heavy atom. The zero-order chi connectivity index (χ0) is 13.7. The third-order valence-corrected chi connectivity index (χ3v) is 3.99. The maximum Gasteiger partial charge on any atom is 0.269 e. The molecule has 0 atom stereocenters. The van der Waals surface area contributed by atoms with Crippen molar-refractivity contribution < 1.29 is 4.92 Å². The lowest BCUT2D eigenvalue weighted by atomic mass is 10.2. The van der Waals surface area contributed by atoms with Crippen LogP contribution >= 0.6 is 22.9 Å². The van der Waals surface area contributed by atoms with Crippen molar-refractivity contribution in [1.29, 1.82) is 0 Å². The van der Waals surface area contributed by atoms with Crippen molar-refractivity contribution in [2.45, 2.75) is 13.0 Å². The van der Waals surface area contributed by atoms with E-state index in [2.05, 4.69) is 11.4 Å². The standard InChI is InChI=1S/C13H13ClN2O2S/c14-13-4-3-11(16(17)18)8-10(13)9-15-6-5-12-2-1-7-19-12/h1-4,7-8,15H,5-6,9H2. The first-order valence-electron chi connectivity index (χ1n) is 5.83. The number of nitro benzene ring substituents is 1. The van der Waals surface area contributed by atoms with Gasteiger partial charge in [-0.25, -0.2) is 0 Å². The van der Waals surface area contributed by atoms with Gasteiger partial charge < -0.3 is 5.32 Å². The van der Waals surface area contributed by atoms with Crippen molar-refractivity contribution in [3.63, 3.8) is 0 Å². The molecule has 100 valence electrons. The SMILES string of the molecule is O=[N+]([O-])c1ccc(Cl)c(CNCCc2cccs2)c1. The zero-order valence-corrected chi connectivity index (χ0v) is 11.7. The highest BCUT2D eigenvalue weighted by Gasteiger charge is 2.09. The molecule has 0 radical (unpaired) electrons. The van der Waals surface area contributed by atoms with Crippen LogP contribution in [0, 0.1) is 10.1 Å². The molecule has 0 saturated heterocycles. The monoisotopic (exact) mass is 296 g/mol. The number of non-ortho nitro benzene ring substituents is 1. The second kappa shape index (κ2) is 6.65. The average molecular weight is 297 g/mol. The van der Waals surface area contributed by atoms with E-state index in [0.717, 1.165) is 18.5 Å². The Bertz CT molecular complexity index is 558. The molecule has 1 aromatic heterocycles. The van der Waals surface area contributed by atoms with E-state index >= 15 is 0 Å². The summed E-state index contributed by atoms with van der Waals surface area (Å²) in [4.78, 5) is 11.6. The number of thiophene rings is 1. The van der Waals surface area contributed by atoms with Crippen molar-refractivity contribution in [3.8, 4) is 0 Å². The van der Waals surface area contributed by atoms with E-state index in [1.54, 1.807) is 17.4 Å². The van der Waals surface area contributed by atoms with Crippen molar-refractivity contribution in [1.82, 2.24) is 5.32 Å². The predicted molar refractivity (Wildman–Crippen MR) is 77.8 cm³/mol. The molecule has 0 aliphatic rings. The van der Waals surface area contributed by atoms with Crippen LogP contribution in [0.4, 0.5) is 5.69 Å². The summed E-state index contributed by atoms with van der Waals surface area (Å²) in [7, 11) is 0. The largest absolute Gasteiger partial charge is 0.312 e. The molecule has 1 heterocycles. The van der Waals surface area contributed by atoms with Crippen molar-refractivity contribution in [2.75, 3.05) is 6.54 Å². The Hall–Kier alpha value is -1.43. The second-order valence-electron chi connectivity index (χ2n) is 4.04. The van der Waals surface area contributed by atoms with Crippen LogP contribution in [0.25, 0.3) is 0 Å². The van der Waals surface area contributed by atoms with Gasteiger partial charge in [-0.05, 0) is 29.5 Å². The van der Waals surface area contributed by atoms with Gasteiger partial charge in [-0.15, -0.1) is 11.3 Å². The molecule has 2 rings (SSSR count). The predicted octanol–water partition coefficient (Wildman–Crippen LogP) is 3.64.